The first-order valence-corrected chi connectivity index (χ1v) is 10.4. The molecule has 0 radical (unpaired) electrons. The zero-order valence-corrected chi connectivity index (χ0v) is 18.6. The summed E-state index contributed by atoms with van der Waals surface area (Å²) in [5, 5.41) is 4.16. The number of benzene rings is 1. The van der Waals surface area contributed by atoms with Gasteiger partial charge >= 0.3 is 6.18 Å². The van der Waals surface area contributed by atoms with Gasteiger partial charge in [-0.2, -0.15) is 18.3 Å². The summed E-state index contributed by atoms with van der Waals surface area (Å²) in [5.41, 5.74) is 7.48. The summed E-state index contributed by atoms with van der Waals surface area (Å²) in [6.45, 7) is 1.83. The van der Waals surface area contributed by atoms with Crippen molar-refractivity contribution in [2.75, 3.05) is 5.73 Å². The topological polar surface area (TPSA) is 133 Å². The summed E-state index contributed by atoms with van der Waals surface area (Å²) in [7, 11) is 0. The Bertz CT molecular complexity index is 1460. The van der Waals surface area contributed by atoms with Gasteiger partial charge in [-0.3, -0.25) is 4.99 Å². The summed E-state index contributed by atoms with van der Waals surface area (Å²) in [4.78, 5) is 19.2. The molecular formula is C22H18F5N9. The molecule has 0 aliphatic heterocycles. The molecule has 0 amide bonds. The molecule has 4 aromatic rings. The molecule has 0 aliphatic rings. The zero-order valence-electron chi connectivity index (χ0n) is 18.6. The van der Waals surface area contributed by atoms with E-state index in [4.69, 9.17) is 11.6 Å². The van der Waals surface area contributed by atoms with Gasteiger partial charge in [-0.1, -0.05) is 6.92 Å². The van der Waals surface area contributed by atoms with E-state index >= 15 is 0 Å². The Kier molecular flexibility index (Phi) is 6.59. The number of nitrogens with zero attached hydrogens (tertiary/aromatic N) is 7. The molecule has 14 heteroatoms. The largest absolute Gasteiger partial charge is 0.451 e. The number of hydrogen-bond donors (Lipinski definition) is 2. The molecular weight excluding hydrogens is 485 g/mol. The van der Waals surface area contributed by atoms with Crippen molar-refractivity contribution < 1.29 is 22.0 Å². The minimum Gasteiger partial charge on any atom is -0.383 e. The maximum absolute atomic E-state index is 13.5. The van der Waals surface area contributed by atoms with Gasteiger partial charge < -0.3 is 16.1 Å². The zero-order chi connectivity index (χ0) is 26.0. The maximum atomic E-state index is 13.5. The number of fused-ring (bicyclic) bond motifs is 1. The molecule has 0 aliphatic carbocycles. The Hall–Kier alpha value is -4.49. The van der Waals surface area contributed by atoms with Crippen molar-refractivity contribution in [3.05, 3.63) is 60.6 Å². The quantitative estimate of drug-likeness (QED) is 0.173. The van der Waals surface area contributed by atoms with E-state index in [1.54, 1.807) is 10.8 Å². The third-order valence-corrected chi connectivity index (χ3v) is 5.32. The lowest BCUT2D eigenvalue weighted by Crippen LogP contribution is -2.21. The number of nitrogen functional groups attached to an aromatic ring is 1. The van der Waals surface area contributed by atoms with Gasteiger partial charge in [0.25, 0.3) is 0 Å². The van der Waals surface area contributed by atoms with Crippen LogP contribution in [0.4, 0.5) is 33.5 Å². The highest BCUT2D eigenvalue weighted by Crippen LogP contribution is 2.35. The van der Waals surface area contributed by atoms with Gasteiger partial charge in [0.1, 0.15) is 23.5 Å². The molecule has 36 heavy (non-hydrogen) atoms. The monoisotopic (exact) mass is 503 g/mol. The van der Waals surface area contributed by atoms with Crippen LogP contribution in [0.2, 0.25) is 0 Å². The maximum Gasteiger partial charge on any atom is 0.451 e. The molecule has 0 saturated carbocycles. The highest BCUT2D eigenvalue weighted by Gasteiger charge is 2.34. The van der Waals surface area contributed by atoms with Crippen LogP contribution in [-0.2, 0) is 6.18 Å². The standard InChI is InChI=1S/C22H18F5N9/c1-2-17(16(35-29)8-30-12-3-4-14(23)15(24)5-12)36-9-13(18-19(28)33-10-34-20(18)36)11-6-31-21(32-7-11)22(25,26)27/h3-10,17H,2,29H2,1H3,(H2,28,33,34). The predicted molar refractivity (Wildman–Crippen MR) is 123 cm³/mol. The number of rotatable bonds is 6. The van der Waals surface area contributed by atoms with Crippen molar-refractivity contribution in [1.82, 2.24) is 24.5 Å². The van der Waals surface area contributed by atoms with Crippen LogP contribution in [-0.4, -0.2) is 36.4 Å². The molecule has 0 bridgehead atoms. The van der Waals surface area contributed by atoms with E-state index in [1.165, 1.54) is 18.6 Å². The minimum atomic E-state index is -4.69. The molecule has 1 atom stereocenters. The number of aromatic nitrogens is 5. The average Bonchev–Trinajstić information content (AvgIpc) is 3.24. The summed E-state index contributed by atoms with van der Waals surface area (Å²) in [6, 6.07) is 2.58. The van der Waals surface area contributed by atoms with Crippen molar-refractivity contribution in [3.63, 3.8) is 0 Å². The lowest BCUT2D eigenvalue weighted by Gasteiger charge is -2.17. The Labute approximate surface area is 200 Å². The first kappa shape index (κ1) is 24.6. The number of hydrogen-bond acceptors (Lipinski definition) is 8. The van der Waals surface area contributed by atoms with Crippen LogP contribution in [0.25, 0.3) is 22.2 Å². The summed E-state index contributed by atoms with van der Waals surface area (Å²) >= 11 is 0. The van der Waals surface area contributed by atoms with Crippen LogP contribution in [0.3, 0.4) is 0 Å². The Morgan fingerprint density at radius 3 is 2.44 bits per heavy atom. The van der Waals surface area contributed by atoms with Crippen LogP contribution in [0.15, 0.2) is 53.2 Å². The third-order valence-electron chi connectivity index (χ3n) is 5.32. The van der Waals surface area contributed by atoms with Crippen molar-refractivity contribution in [2.24, 2.45) is 15.9 Å². The van der Waals surface area contributed by atoms with Gasteiger partial charge in [0.05, 0.1) is 23.3 Å². The van der Waals surface area contributed by atoms with Crippen LogP contribution < -0.4 is 11.6 Å². The minimum absolute atomic E-state index is 0.0881. The van der Waals surface area contributed by atoms with E-state index in [-0.39, 0.29) is 22.8 Å². The third kappa shape index (κ3) is 4.69. The van der Waals surface area contributed by atoms with E-state index in [2.05, 4.69) is 30.0 Å². The fourth-order valence-corrected chi connectivity index (χ4v) is 3.64. The molecule has 9 nitrogen and oxygen atoms in total. The second-order valence-electron chi connectivity index (χ2n) is 7.54. The van der Waals surface area contributed by atoms with Crippen LogP contribution in [0, 0.1) is 11.6 Å². The first-order valence-electron chi connectivity index (χ1n) is 10.4. The molecule has 4 rings (SSSR count). The molecule has 186 valence electrons. The van der Waals surface area contributed by atoms with Gasteiger partial charge in [0.15, 0.2) is 11.6 Å². The molecule has 3 heterocycles. The number of nitrogens with two attached hydrogens (primary N) is 2. The fraction of sp³-hybridized carbons (Fsp3) is 0.182. The van der Waals surface area contributed by atoms with Gasteiger partial charge in [-0.05, 0) is 18.6 Å². The Balaban J connectivity index is 1.79. The molecule has 0 spiro atoms. The van der Waals surface area contributed by atoms with Crippen LogP contribution in [0.5, 0.6) is 0 Å². The number of aliphatic imine (C=N–C) groups is 1. The second-order valence-corrected chi connectivity index (χ2v) is 7.54. The van der Waals surface area contributed by atoms with Crippen molar-refractivity contribution in [1.29, 1.82) is 0 Å². The highest BCUT2D eigenvalue weighted by atomic mass is 19.4. The predicted octanol–water partition coefficient (Wildman–Crippen LogP) is 4.44. The second kappa shape index (κ2) is 9.64. The average molecular weight is 503 g/mol. The summed E-state index contributed by atoms with van der Waals surface area (Å²) in [6.07, 6.45) is 1.94. The number of anilines is 1. The lowest BCUT2D eigenvalue weighted by atomic mass is 10.1. The lowest BCUT2D eigenvalue weighted by molar-refractivity contribution is -0.144. The van der Waals surface area contributed by atoms with E-state index in [9.17, 15) is 22.0 Å². The number of hydrazone groups is 1. The molecule has 1 aromatic carbocycles. The first-order chi connectivity index (χ1) is 17.1. The van der Waals surface area contributed by atoms with Crippen LogP contribution in [0.1, 0.15) is 25.2 Å². The van der Waals surface area contributed by atoms with Gasteiger partial charge in [-0.15, -0.1) is 0 Å². The number of halogens is 5. The normalized spacial score (nSPS) is 13.6. The van der Waals surface area contributed by atoms with Crippen molar-refractivity contribution in [3.8, 4) is 11.1 Å². The molecule has 1 unspecified atom stereocenters. The van der Waals surface area contributed by atoms with Gasteiger partial charge in [-0.25, -0.2) is 28.7 Å². The molecule has 3 aromatic heterocycles. The van der Waals surface area contributed by atoms with Crippen molar-refractivity contribution >= 4 is 34.5 Å². The van der Waals surface area contributed by atoms with Crippen LogP contribution >= 0.6 is 0 Å². The Morgan fingerprint density at radius 1 is 1.11 bits per heavy atom. The van der Waals surface area contributed by atoms with E-state index in [0.29, 0.717) is 23.0 Å². The Morgan fingerprint density at radius 2 is 1.83 bits per heavy atom. The van der Waals surface area contributed by atoms with Gasteiger partial charge in [0.2, 0.25) is 5.82 Å². The summed E-state index contributed by atoms with van der Waals surface area (Å²) < 4.78 is 67.2. The highest BCUT2D eigenvalue weighted by molar-refractivity contribution is 6.32. The SMILES string of the molecule is CCC(C(C=Nc1ccc(F)c(F)c1)=NN)n1cc(-c2cnc(C(F)(F)F)nc2)c2c(N)ncnc21. The molecule has 0 fully saturated rings. The number of alkyl halides is 3. The van der Waals surface area contributed by atoms with E-state index in [1.807, 2.05) is 6.92 Å². The van der Waals surface area contributed by atoms with Crippen molar-refractivity contribution in [2.45, 2.75) is 25.6 Å². The fourth-order valence-electron chi connectivity index (χ4n) is 3.64. The van der Waals surface area contributed by atoms with Gasteiger partial charge in [0, 0.05) is 35.8 Å². The van der Waals surface area contributed by atoms with E-state index < -0.39 is 29.7 Å². The molecule has 0 saturated heterocycles. The summed E-state index contributed by atoms with van der Waals surface area (Å²) in [5.74, 6) is 2.36. The molecule has 4 N–H and O–H groups in total. The smallest absolute Gasteiger partial charge is 0.383 e. The van der Waals surface area contributed by atoms with E-state index in [0.717, 1.165) is 24.5 Å².